The Morgan fingerprint density at radius 2 is 1.43 bits per heavy atom. The summed E-state index contributed by atoms with van der Waals surface area (Å²) in [5.41, 5.74) is 9.37. The molecule has 0 aromatic heterocycles. The Morgan fingerprint density at radius 1 is 0.929 bits per heavy atom. The van der Waals surface area contributed by atoms with Crippen LogP contribution >= 0.6 is 0 Å². The lowest BCUT2D eigenvalue weighted by atomic mass is 10.2. The van der Waals surface area contributed by atoms with Crippen molar-refractivity contribution in [2.45, 2.75) is 12.8 Å². The number of hydrogen-bond donors (Lipinski definition) is 2. The quantitative estimate of drug-likeness (QED) is 0.555. The van der Waals surface area contributed by atoms with Gasteiger partial charge in [-0.1, -0.05) is 0 Å². The summed E-state index contributed by atoms with van der Waals surface area (Å²) in [7, 11) is 0. The third-order valence-electron chi connectivity index (χ3n) is 2.87. The first-order valence-corrected chi connectivity index (χ1v) is 5.81. The molecule has 1 aliphatic heterocycles. The molecule has 14 heavy (non-hydrogen) atoms. The van der Waals surface area contributed by atoms with Gasteiger partial charge in [0.1, 0.15) is 0 Å². The van der Waals surface area contributed by atoms with Crippen LogP contribution in [0.15, 0.2) is 0 Å². The summed E-state index contributed by atoms with van der Waals surface area (Å²) in [5, 5.41) is 0. The van der Waals surface area contributed by atoms with Crippen LogP contribution in [-0.4, -0.2) is 62.2 Å². The van der Waals surface area contributed by atoms with E-state index >= 15 is 0 Å². The molecule has 0 radical (unpaired) electrons. The third-order valence-corrected chi connectivity index (χ3v) is 2.87. The van der Waals surface area contributed by atoms with E-state index in [2.05, 4.69) is 15.5 Å². The van der Waals surface area contributed by atoms with E-state index in [1.54, 1.807) is 0 Å². The molecule has 1 fully saturated rings. The smallest absolute Gasteiger partial charge is 0.0752 e. The molecule has 0 bridgehead atoms. The van der Waals surface area contributed by atoms with E-state index in [1.165, 1.54) is 45.7 Å². The summed E-state index contributed by atoms with van der Waals surface area (Å²) in [6.07, 6.45) is 2.38. The normalized spacial score (nSPS) is 20.1. The second kappa shape index (κ2) is 7.17. The minimum absolute atomic E-state index is 0.821. The Morgan fingerprint density at radius 3 is 1.86 bits per heavy atom. The van der Waals surface area contributed by atoms with Crippen LogP contribution in [0.2, 0.25) is 0 Å². The van der Waals surface area contributed by atoms with Gasteiger partial charge in [-0.2, -0.15) is 0 Å². The van der Waals surface area contributed by atoms with Crippen LogP contribution in [0.1, 0.15) is 12.8 Å². The van der Waals surface area contributed by atoms with E-state index in [9.17, 15) is 0 Å². The molecule has 4 nitrogen and oxygen atoms in total. The van der Waals surface area contributed by atoms with Gasteiger partial charge in [-0.25, -0.2) is 0 Å². The second-order valence-electron chi connectivity index (χ2n) is 4.03. The zero-order valence-electron chi connectivity index (χ0n) is 9.25. The van der Waals surface area contributed by atoms with Crippen molar-refractivity contribution in [1.82, 2.24) is 9.80 Å². The van der Waals surface area contributed by atoms with Gasteiger partial charge < -0.3 is 21.3 Å². The molecule has 0 spiro atoms. The molecule has 1 rings (SSSR count). The Hall–Kier alpha value is -0.160. The topological polar surface area (TPSA) is 60.1 Å². The molecular formula is C10H25N4+. The predicted octanol–water partition coefficient (Wildman–Crippen LogP) is -1.42. The summed E-state index contributed by atoms with van der Waals surface area (Å²) >= 11 is 0. The monoisotopic (exact) mass is 201 g/mol. The summed E-state index contributed by atoms with van der Waals surface area (Å²) in [6.45, 7) is 9.19. The second-order valence-corrected chi connectivity index (χ2v) is 4.03. The van der Waals surface area contributed by atoms with Crippen molar-refractivity contribution in [3.05, 3.63) is 0 Å². The van der Waals surface area contributed by atoms with Crippen LogP contribution in [0.5, 0.6) is 0 Å². The molecule has 84 valence electrons. The molecule has 0 saturated carbocycles. The molecular weight excluding hydrogens is 176 g/mol. The molecule has 1 saturated heterocycles. The molecule has 0 unspecified atom stereocenters. The van der Waals surface area contributed by atoms with Gasteiger partial charge in [0.15, 0.2) is 0 Å². The van der Waals surface area contributed by atoms with Crippen molar-refractivity contribution in [1.29, 1.82) is 0 Å². The maximum atomic E-state index is 5.49. The maximum absolute atomic E-state index is 5.49. The summed E-state index contributed by atoms with van der Waals surface area (Å²) in [6, 6.07) is 0. The largest absolute Gasteiger partial charge is 0.358 e. The Labute approximate surface area is 87.2 Å². The van der Waals surface area contributed by atoms with Gasteiger partial charge in [0.2, 0.25) is 0 Å². The zero-order valence-corrected chi connectivity index (χ0v) is 9.25. The predicted molar refractivity (Wildman–Crippen MR) is 58.9 cm³/mol. The van der Waals surface area contributed by atoms with Crippen LogP contribution < -0.4 is 11.5 Å². The van der Waals surface area contributed by atoms with Crippen LogP contribution in [0, 0.1) is 0 Å². The van der Waals surface area contributed by atoms with Gasteiger partial charge >= 0.3 is 0 Å². The summed E-state index contributed by atoms with van der Waals surface area (Å²) in [4.78, 5) is 5.07. The van der Waals surface area contributed by atoms with E-state index in [0.29, 0.717) is 0 Å². The molecule has 0 amide bonds. The van der Waals surface area contributed by atoms with Crippen LogP contribution in [0.4, 0.5) is 0 Å². The van der Waals surface area contributed by atoms with Gasteiger partial charge in [0.25, 0.3) is 0 Å². The molecule has 5 N–H and O–H groups in total. The van der Waals surface area contributed by atoms with Gasteiger partial charge in [0.05, 0.1) is 6.54 Å². The van der Waals surface area contributed by atoms with Crippen LogP contribution in [0.3, 0.4) is 0 Å². The fourth-order valence-electron chi connectivity index (χ4n) is 1.89. The summed E-state index contributed by atoms with van der Waals surface area (Å²) in [5.74, 6) is 0. The Bertz CT molecular complexity index is 116. The van der Waals surface area contributed by atoms with Crippen molar-refractivity contribution in [2.24, 2.45) is 5.73 Å². The van der Waals surface area contributed by atoms with E-state index in [0.717, 1.165) is 19.5 Å². The van der Waals surface area contributed by atoms with Gasteiger partial charge in [0, 0.05) is 39.1 Å². The molecule has 1 heterocycles. The third kappa shape index (κ3) is 4.37. The first-order valence-electron chi connectivity index (χ1n) is 5.81. The maximum Gasteiger partial charge on any atom is 0.0752 e. The number of nitrogens with zero attached hydrogens (tertiary/aromatic N) is 2. The first kappa shape index (κ1) is 11.9. The van der Waals surface area contributed by atoms with Crippen molar-refractivity contribution >= 4 is 0 Å². The highest BCUT2D eigenvalue weighted by Crippen LogP contribution is 2.02. The summed E-state index contributed by atoms with van der Waals surface area (Å²) < 4.78 is 0. The van der Waals surface area contributed by atoms with Gasteiger partial charge in [-0.3, -0.25) is 0 Å². The number of rotatable bonds is 6. The van der Waals surface area contributed by atoms with E-state index in [1.807, 2.05) is 0 Å². The van der Waals surface area contributed by atoms with Crippen LogP contribution in [0.25, 0.3) is 0 Å². The van der Waals surface area contributed by atoms with E-state index < -0.39 is 0 Å². The fourth-order valence-corrected chi connectivity index (χ4v) is 1.89. The van der Waals surface area contributed by atoms with Crippen molar-refractivity contribution in [2.75, 3.05) is 52.4 Å². The minimum atomic E-state index is 0.821. The number of hydrogen-bond acceptors (Lipinski definition) is 3. The minimum Gasteiger partial charge on any atom is -0.358 e. The number of quaternary nitrogens is 1. The fraction of sp³-hybridized carbons (Fsp3) is 1.00. The molecule has 4 heteroatoms. The van der Waals surface area contributed by atoms with E-state index in [-0.39, 0.29) is 0 Å². The lowest BCUT2D eigenvalue weighted by molar-refractivity contribution is -0.368. The average Bonchev–Trinajstić information content (AvgIpc) is 2.25. The van der Waals surface area contributed by atoms with Crippen LogP contribution in [-0.2, 0) is 0 Å². The van der Waals surface area contributed by atoms with Gasteiger partial charge in [-0.05, 0) is 19.5 Å². The van der Waals surface area contributed by atoms with Crippen molar-refractivity contribution < 1.29 is 5.73 Å². The number of piperazine rings is 1. The lowest BCUT2D eigenvalue weighted by Gasteiger charge is -2.34. The Kier molecular flexibility index (Phi) is 6.10. The highest BCUT2D eigenvalue weighted by Gasteiger charge is 2.15. The SMILES string of the molecule is NCCCN1CCN(CCC[NH3+])CC1. The molecule has 0 aliphatic carbocycles. The lowest BCUT2D eigenvalue weighted by Crippen LogP contribution is -2.52. The van der Waals surface area contributed by atoms with Crippen molar-refractivity contribution in [3.63, 3.8) is 0 Å². The average molecular weight is 201 g/mol. The highest BCUT2D eigenvalue weighted by atomic mass is 15.3. The first-order chi connectivity index (χ1) is 6.86. The molecule has 0 aromatic rings. The molecule has 0 atom stereocenters. The Balaban J connectivity index is 2.05. The zero-order chi connectivity index (χ0) is 10.2. The van der Waals surface area contributed by atoms with Gasteiger partial charge in [-0.15, -0.1) is 0 Å². The highest BCUT2D eigenvalue weighted by molar-refractivity contribution is 4.71. The van der Waals surface area contributed by atoms with E-state index in [4.69, 9.17) is 5.73 Å². The standard InChI is InChI=1S/C10H24N4/c11-3-1-5-13-7-9-14(10-8-13)6-2-4-12/h1-12H2/p+1. The molecule has 1 aliphatic rings. The molecule has 0 aromatic carbocycles. The number of nitrogens with two attached hydrogens (primary N) is 1. The van der Waals surface area contributed by atoms with Crippen molar-refractivity contribution in [3.8, 4) is 0 Å².